The average molecular weight is 451 g/mol. The van der Waals surface area contributed by atoms with Crippen LogP contribution in [0.15, 0.2) is 24.5 Å². The van der Waals surface area contributed by atoms with Crippen molar-refractivity contribution in [1.82, 2.24) is 0 Å². The molecule has 1 aromatic rings. The lowest BCUT2D eigenvalue weighted by Gasteiger charge is -2.28. The van der Waals surface area contributed by atoms with Gasteiger partial charge in [0.25, 0.3) is 0 Å². The Kier molecular flexibility index (Phi) is 9.64. The van der Waals surface area contributed by atoms with Crippen LogP contribution < -0.4 is 4.57 Å². The van der Waals surface area contributed by atoms with Gasteiger partial charge in [0.15, 0.2) is 24.6 Å². The number of hydrogen-bond donors (Lipinski definition) is 0. The van der Waals surface area contributed by atoms with Crippen molar-refractivity contribution in [1.29, 1.82) is 0 Å². The highest BCUT2D eigenvalue weighted by Crippen LogP contribution is 2.37. The highest BCUT2D eigenvalue weighted by molar-refractivity contribution is 5.88. The monoisotopic (exact) mass is 450 g/mol. The summed E-state index contributed by atoms with van der Waals surface area (Å²) < 4.78 is 20.6. The van der Waals surface area contributed by atoms with Crippen LogP contribution >= 0.6 is 0 Å². The third-order valence-electron chi connectivity index (χ3n) is 5.93. The second kappa shape index (κ2) is 11.8. The van der Waals surface area contributed by atoms with Crippen molar-refractivity contribution < 1.29 is 32.8 Å². The molecule has 1 aliphatic heterocycles. The molecular formula is C25H42N2O5+2. The molecule has 1 fully saturated rings. The van der Waals surface area contributed by atoms with Gasteiger partial charge in [0.1, 0.15) is 12.1 Å². The largest absolute Gasteiger partial charge is 0.453 e. The minimum atomic E-state index is -0.465. The molecule has 5 atom stereocenters. The summed E-state index contributed by atoms with van der Waals surface area (Å²) >= 11 is 0. The van der Waals surface area contributed by atoms with E-state index >= 15 is 0 Å². The van der Waals surface area contributed by atoms with E-state index in [-0.39, 0.29) is 36.2 Å². The number of quaternary nitrogens is 1. The van der Waals surface area contributed by atoms with Crippen LogP contribution in [-0.2, 0) is 19.0 Å². The van der Waals surface area contributed by atoms with Gasteiger partial charge in [-0.05, 0) is 25.3 Å². The van der Waals surface area contributed by atoms with Gasteiger partial charge in [-0.3, -0.25) is 4.79 Å². The van der Waals surface area contributed by atoms with E-state index in [9.17, 15) is 9.59 Å². The van der Waals surface area contributed by atoms with Gasteiger partial charge in [-0.15, -0.1) is 0 Å². The molecule has 0 N–H and O–H groups in total. The number of rotatable bonds is 11. The van der Waals surface area contributed by atoms with Crippen LogP contribution in [0.2, 0.25) is 0 Å². The normalized spacial score (nSPS) is 24.2. The molecule has 0 aliphatic carbocycles. The van der Waals surface area contributed by atoms with Crippen LogP contribution in [0.5, 0.6) is 0 Å². The quantitative estimate of drug-likeness (QED) is 0.292. The number of ether oxygens (including phenoxy) is 3. The molecular weight excluding hydrogens is 408 g/mol. The summed E-state index contributed by atoms with van der Waals surface area (Å²) in [5.74, 6) is -0.467. The fourth-order valence-electron chi connectivity index (χ4n) is 4.31. The van der Waals surface area contributed by atoms with E-state index in [2.05, 4.69) is 35.0 Å². The Morgan fingerprint density at radius 1 is 1.19 bits per heavy atom. The minimum Gasteiger partial charge on any atom is -0.453 e. The Hall–Kier alpha value is -1.99. The maximum absolute atomic E-state index is 12.9. The number of nitrogens with zero attached hydrogens (tertiary/aromatic N) is 2. The molecule has 0 unspecified atom stereocenters. The molecule has 0 amide bonds. The van der Waals surface area contributed by atoms with Crippen LogP contribution in [0, 0.1) is 5.92 Å². The molecule has 0 saturated carbocycles. The van der Waals surface area contributed by atoms with Gasteiger partial charge in [-0.2, -0.15) is 4.57 Å². The second-order valence-corrected chi connectivity index (χ2v) is 9.68. The first kappa shape index (κ1) is 26.3. The first-order valence-corrected chi connectivity index (χ1v) is 12.0. The minimum absolute atomic E-state index is 0.0155. The van der Waals surface area contributed by atoms with E-state index in [0.29, 0.717) is 12.0 Å². The van der Waals surface area contributed by atoms with Gasteiger partial charge >= 0.3 is 18.2 Å². The molecule has 2 heterocycles. The maximum Gasteiger partial charge on any atom is 0.344 e. The van der Waals surface area contributed by atoms with Crippen molar-refractivity contribution in [2.45, 2.75) is 84.3 Å². The van der Waals surface area contributed by atoms with Gasteiger partial charge in [0.2, 0.25) is 0 Å². The Labute approximate surface area is 193 Å². The summed E-state index contributed by atoms with van der Waals surface area (Å²) in [5, 5.41) is 0. The van der Waals surface area contributed by atoms with Crippen LogP contribution in [0.1, 0.15) is 76.4 Å². The molecule has 0 aromatic carbocycles. The number of carbonyl (C=O) groups excluding carboxylic acids is 2. The summed E-state index contributed by atoms with van der Waals surface area (Å²) in [4.78, 5) is 25.0. The van der Waals surface area contributed by atoms with Gasteiger partial charge in [-0.1, -0.05) is 34.1 Å². The molecule has 1 aromatic heterocycles. The molecule has 0 radical (unpaired) electrons. The zero-order valence-electron chi connectivity index (χ0n) is 20.9. The van der Waals surface area contributed by atoms with Gasteiger partial charge < -0.3 is 18.7 Å². The van der Waals surface area contributed by atoms with Gasteiger partial charge in [-0.25, -0.2) is 4.79 Å². The lowest BCUT2D eigenvalue weighted by molar-refractivity contribution is -0.873. The number of hydrogen-bond acceptors (Lipinski definition) is 5. The molecule has 180 valence electrons. The molecule has 32 heavy (non-hydrogen) atoms. The molecule has 7 heteroatoms. The summed E-state index contributed by atoms with van der Waals surface area (Å²) in [7, 11) is 6.25. The smallest absolute Gasteiger partial charge is 0.344 e. The lowest BCUT2D eigenvalue weighted by Crippen LogP contribution is -2.47. The van der Waals surface area contributed by atoms with Gasteiger partial charge in [0, 0.05) is 18.4 Å². The van der Waals surface area contributed by atoms with E-state index in [0.717, 1.165) is 36.7 Å². The molecule has 1 aliphatic rings. The predicted molar refractivity (Wildman–Crippen MR) is 122 cm³/mol. The van der Waals surface area contributed by atoms with E-state index in [1.807, 2.05) is 23.8 Å². The maximum atomic E-state index is 12.9. The fraction of sp³-hybridized carbons (Fsp3) is 0.720. The second-order valence-electron chi connectivity index (χ2n) is 9.68. The molecule has 0 spiro atoms. The molecule has 0 bridgehead atoms. The summed E-state index contributed by atoms with van der Waals surface area (Å²) in [6.07, 6.45) is 6.44. The van der Waals surface area contributed by atoms with Crippen molar-refractivity contribution in [2.75, 3.05) is 27.7 Å². The topological polar surface area (TPSA) is 65.7 Å². The van der Waals surface area contributed by atoms with Crippen molar-refractivity contribution in [3.63, 3.8) is 0 Å². The van der Waals surface area contributed by atoms with Crippen molar-refractivity contribution in [2.24, 2.45) is 5.92 Å². The van der Waals surface area contributed by atoms with Crippen LogP contribution in [0.4, 0.5) is 0 Å². The third-order valence-corrected chi connectivity index (χ3v) is 5.93. The summed E-state index contributed by atoms with van der Waals surface area (Å²) in [5.41, 5.74) is 0.462. The zero-order chi connectivity index (χ0) is 23.9. The van der Waals surface area contributed by atoms with Crippen LogP contribution in [0.3, 0.4) is 0 Å². The lowest BCUT2D eigenvalue weighted by atomic mass is 9.92. The SMILES string of the molecule is CCC[C@H]1O[C@@H]([n+]2cccc(C(=O)O[C@H](CC)C[N+](C)(C)C)c2)[C@H](OC(=O)CC)[C@@H]1CC. The predicted octanol–water partition coefficient (Wildman–Crippen LogP) is 3.66. The Morgan fingerprint density at radius 2 is 1.91 bits per heavy atom. The van der Waals surface area contributed by atoms with Crippen molar-refractivity contribution in [3.05, 3.63) is 30.1 Å². The van der Waals surface area contributed by atoms with Crippen LogP contribution in [-0.4, -0.2) is 62.4 Å². The zero-order valence-corrected chi connectivity index (χ0v) is 20.9. The van der Waals surface area contributed by atoms with Gasteiger partial charge in [0.05, 0.1) is 27.2 Å². The number of esters is 2. The number of likely N-dealkylation sites (N-methyl/N-ethyl adjacent to an activating group) is 1. The first-order chi connectivity index (χ1) is 15.1. The molecule has 2 rings (SSSR count). The molecule has 7 nitrogen and oxygen atoms in total. The van der Waals surface area contributed by atoms with E-state index < -0.39 is 6.23 Å². The fourth-order valence-corrected chi connectivity index (χ4v) is 4.31. The highest BCUT2D eigenvalue weighted by Gasteiger charge is 2.50. The van der Waals surface area contributed by atoms with E-state index in [1.54, 1.807) is 19.2 Å². The van der Waals surface area contributed by atoms with Crippen molar-refractivity contribution >= 4 is 11.9 Å². The Balaban J connectivity index is 2.26. The average Bonchev–Trinajstić information content (AvgIpc) is 3.09. The number of pyridine rings is 1. The van der Waals surface area contributed by atoms with Crippen LogP contribution in [0.25, 0.3) is 0 Å². The summed E-state index contributed by atoms with van der Waals surface area (Å²) in [6.45, 7) is 8.79. The number of carbonyl (C=O) groups is 2. The van der Waals surface area contributed by atoms with E-state index in [1.165, 1.54) is 0 Å². The Bertz CT molecular complexity index is 761. The Morgan fingerprint density at radius 3 is 2.47 bits per heavy atom. The standard InChI is InChI=1S/C25H42N2O5/c1-8-13-21-20(10-3)23(32-22(28)11-4)24(31-21)26-15-12-14-18(16-26)25(29)30-19(9-2)17-27(5,6)7/h12,14-16,19-21,23-24H,8-11,13,17H2,1-7H3/q+2/t19-,20-,21-,23-,24-/m1/s1. The first-order valence-electron chi connectivity index (χ1n) is 12.0. The highest BCUT2D eigenvalue weighted by atomic mass is 16.6. The third kappa shape index (κ3) is 7.01. The molecule has 1 saturated heterocycles. The van der Waals surface area contributed by atoms with E-state index in [4.69, 9.17) is 14.2 Å². The summed E-state index contributed by atoms with van der Waals surface area (Å²) in [6, 6.07) is 3.56. The van der Waals surface area contributed by atoms with Crippen molar-refractivity contribution in [3.8, 4) is 0 Å². The number of aromatic nitrogens is 1.